The highest BCUT2D eigenvalue weighted by atomic mass is 32.2. The van der Waals surface area contributed by atoms with Gasteiger partial charge in [0.25, 0.3) is 0 Å². The van der Waals surface area contributed by atoms with E-state index < -0.39 is 0 Å². The number of amides is 1. The number of thioether (sulfide) groups is 1. The Bertz CT molecular complexity index is 1110. The number of anilines is 1. The minimum Gasteiger partial charge on any atom is -0.353 e. The maximum Gasteiger partial charge on any atom is 0.237 e. The number of likely N-dealkylation sites (N-methyl/N-ethyl adjacent to an activating group) is 1. The highest BCUT2D eigenvalue weighted by Crippen LogP contribution is 2.51. The lowest BCUT2D eigenvalue weighted by molar-refractivity contribution is -0.123. The lowest BCUT2D eigenvalue weighted by atomic mass is 9.76. The molecule has 6 heteroatoms. The van der Waals surface area contributed by atoms with Crippen LogP contribution in [-0.2, 0) is 23.1 Å². The van der Waals surface area contributed by atoms with Crippen LogP contribution in [0.4, 0.5) is 5.69 Å². The van der Waals surface area contributed by atoms with Crippen molar-refractivity contribution in [2.24, 2.45) is 0 Å². The maximum atomic E-state index is 13.4. The first kappa shape index (κ1) is 16.7. The van der Waals surface area contributed by atoms with Crippen LogP contribution in [0.5, 0.6) is 0 Å². The Hall–Kier alpha value is -2.21. The van der Waals surface area contributed by atoms with Gasteiger partial charge < -0.3 is 9.88 Å². The van der Waals surface area contributed by atoms with Gasteiger partial charge in [-0.1, -0.05) is 0 Å². The van der Waals surface area contributed by atoms with Crippen LogP contribution < -0.4 is 4.90 Å². The SMILES string of the molecule is CCN1C(=O)C2(CCSCC2)c2cc3[nH]c4c(c3cc21)CCCc1cn[nH]c1-4. The lowest BCUT2D eigenvalue weighted by Crippen LogP contribution is -2.42. The van der Waals surface area contributed by atoms with Crippen LogP contribution in [0, 0.1) is 0 Å². The number of nitrogens with one attached hydrogen (secondary N) is 2. The van der Waals surface area contributed by atoms with Crippen LogP contribution in [0.15, 0.2) is 18.3 Å². The number of hydrogen-bond donors (Lipinski definition) is 2. The van der Waals surface area contributed by atoms with E-state index in [1.54, 1.807) is 0 Å². The van der Waals surface area contributed by atoms with E-state index in [0.29, 0.717) is 5.91 Å². The van der Waals surface area contributed by atoms with Crippen molar-refractivity contribution in [1.82, 2.24) is 15.2 Å². The van der Waals surface area contributed by atoms with Crippen molar-refractivity contribution in [3.63, 3.8) is 0 Å². The third-order valence-corrected chi connectivity index (χ3v) is 7.97. The van der Waals surface area contributed by atoms with Crippen molar-refractivity contribution < 1.29 is 4.79 Å². The first-order chi connectivity index (χ1) is 13.7. The van der Waals surface area contributed by atoms with Crippen LogP contribution in [0.2, 0.25) is 0 Å². The summed E-state index contributed by atoms with van der Waals surface area (Å²) >= 11 is 1.97. The number of aromatic amines is 2. The standard InChI is InChI=1S/C22H24N4OS/c1-2-26-18-10-15-14-5-3-4-13-12-23-25-19(13)20(14)24-17(15)11-16(18)22(21(26)27)6-8-28-9-7-22/h10-12,24H,2-9H2,1H3,(H,23,25). The summed E-state index contributed by atoms with van der Waals surface area (Å²) in [5.41, 5.74) is 8.22. The molecule has 0 unspecified atom stereocenters. The first-order valence-electron chi connectivity index (χ1n) is 10.3. The fraction of sp³-hybridized carbons (Fsp3) is 0.455. The second-order valence-electron chi connectivity index (χ2n) is 8.26. The summed E-state index contributed by atoms with van der Waals surface area (Å²) in [6, 6.07) is 4.58. The molecule has 0 atom stereocenters. The van der Waals surface area contributed by atoms with E-state index in [9.17, 15) is 4.79 Å². The van der Waals surface area contributed by atoms with Gasteiger partial charge >= 0.3 is 0 Å². The molecule has 5 nitrogen and oxygen atoms in total. The fourth-order valence-corrected chi connectivity index (χ4v) is 6.73. The van der Waals surface area contributed by atoms with Gasteiger partial charge in [0.1, 0.15) is 0 Å². The van der Waals surface area contributed by atoms with E-state index in [1.807, 2.05) is 22.9 Å². The van der Waals surface area contributed by atoms with Crippen molar-refractivity contribution in [2.75, 3.05) is 23.0 Å². The zero-order chi connectivity index (χ0) is 18.9. The molecule has 1 spiro atoms. The molecule has 1 aliphatic carbocycles. The molecule has 3 aromatic rings. The molecule has 4 heterocycles. The Labute approximate surface area is 168 Å². The zero-order valence-corrected chi connectivity index (χ0v) is 16.9. The van der Waals surface area contributed by atoms with Gasteiger partial charge in [0.15, 0.2) is 0 Å². The predicted molar refractivity (Wildman–Crippen MR) is 114 cm³/mol. The summed E-state index contributed by atoms with van der Waals surface area (Å²) < 4.78 is 0. The van der Waals surface area contributed by atoms with Crippen molar-refractivity contribution >= 4 is 34.3 Å². The molecule has 1 aromatic carbocycles. The summed E-state index contributed by atoms with van der Waals surface area (Å²) in [5.74, 6) is 2.46. The smallest absolute Gasteiger partial charge is 0.237 e. The summed E-state index contributed by atoms with van der Waals surface area (Å²) in [7, 11) is 0. The Morgan fingerprint density at radius 2 is 2.07 bits per heavy atom. The summed E-state index contributed by atoms with van der Waals surface area (Å²) in [4.78, 5) is 19.2. The average Bonchev–Trinajstić information content (AvgIpc) is 3.34. The second kappa shape index (κ2) is 5.89. The number of nitrogens with zero attached hydrogens (tertiary/aromatic N) is 2. The first-order valence-corrected chi connectivity index (χ1v) is 11.5. The molecule has 3 aliphatic rings. The van der Waals surface area contributed by atoms with Gasteiger partial charge in [-0.05, 0) is 79.4 Å². The maximum absolute atomic E-state index is 13.4. The number of aromatic nitrogens is 3. The van der Waals surface area contributed by atoms with Gasteiger partial charge in [0.05, 0.1) is 23.0 Å². The van der Waals surface area contributed by atoms with Gasteiger partial charge in [0, 0.05) is 23.1 Å². The molecule has 1 saturated heterocycles. The van der Waals surface area contributed by atoms with E-state index in [4.69, 9.17) is 0 Å². The van der Waals surface area contributed by atoms with Crippen LogP contribution >= 0.6 is 11.8 Å². The highest BCUT2D eigenvalue weighted by molar-refractivity contribution is 7.99. The molecule has 144 valence electrons. The molecule has 1 fully saturated rings. The summed E-state index contributed by atoms with van der Waals surface area (Å²) in [5, 5.41) is 8.76. The molecule has 0 radical (unpaired) electrons. The van der Waals surface area contributed by atoms with Gasteiger partial charge in [-0.2, -0.15) is 16.9 Å². The van der Waals surface area contributed by atoms with Crippen molar-refractivity contribution in [3.8, 4) is 11.4 Å². The minimum atomic E-state index is -0.313. The Morgan fingerprint density at radius 3 is 2.89 bits per heavy atom. The van der Waals surface area contributed by atoms with Gasteiger partial charge in [-0.3, -0.25) is 9.89 Å². The number of H-pyrrole nitrogens is 2. The van der Waals surface area contributed by atoms with Crippen molar-refractivity contribution in [2.45, 2.75) is 44.4 Å². The molecule has 6 rings (SSSR count). The van der Waals surface area contributed by atoms with Gasteiger partial charge in [-0.15, -0.1) is 0 Å². The topological polar surface area (TPSA) is 64.8 Å². The number of aryl methyl sites for hydroxylation is 2. The second-order valence-corrected chi connectivity index (χ2v) is 9.49. The molecule has 28 heavy (non-hydrogen) atoms. The summed E-state index contributed by atoms with van der Waals surface area (Å²) in [6.45, 7) is 2.83. The van der Waals surface area contributed by atoms with Gasteiger partial charge in [-0.25, -0.2) is 0 Å². The van der Waals surface area contributed by atoms with E-state index in [2.05, 4.69) is 34.2 Å². The fourth-order valence-electron chi connectivity index (χ4n) is 5.54. The number of rotatable bonds is 1. The van der Waals surface area contributed by atoms with Crippen molar-refractivity contribution in [1.29, 1.82) is 0 Å². The number of carbonyl (C=O) groups is 1. The number of carbonyl (C=O) groups excluding carboxylic acids is 1. The molecule has 2 N–H and O–H groups in total. The minimum absolute atomic E-state index is 0.313. The predicted octanol–water partition coefficient (Wildman–Crippen LogP) is 4.18. The monoisotopic (exact) mass is 392 g/mol. The largest absolute Gasteiger partial charge is 0.353 e. The highest BCUT2D eigenvalue weighted by Gasteiger charge is 2.51. The van der Waals surface area contributed by atoms with Crippen LogP contribution in [0.3, 0.4) is 0 Å². The Morgan fingerprint density at radius 1 is 1.21 bits per heavy atom. The van der Waals surface area contributed by atoms with E-state index >= 15 is 0 Å². The zero-order valence-electron chi connectivity index (χ0n) is 16.1. The number of fused-ring (bicyclic) bond motifs is 7. The molecular formula is C22H24N4OS. The number of hydrogen-bond acceptors (Lipinski definition) is 3. The number of benzene rings is 1. The van der Waals surface area contributed by atoms with E-state index in [-0.39, 0.29) is 5.41 Å². The molecule has 1 amide bonds. The van der Waals surface area contributed by atoms with Crippen LogP contribution in [0.25, 0.3) is 22.3 Å². The van der Waals surface area contributed by atoms with Crippen LogP contribution in [0.1, 0.15) is 42.9 Å². The normalized spacial score (nSPS) is 20.3. The van der Waals surface area contributed by atoms with Gasteiger partial charge in [0.2, 0.25) is 5.91 Å². The lowest BCUT2D eigenvalue weighted by Gasteiger charge is -2.32. The molecular weight excluding hydrogens is 368 g/mol. The van der Waals surface area contributed by atoms with E-state index in [0.717, 1.165) is 67.1 Å². The molecule has 0 saturated carbocycles. The third kappa shape index (κ3) is 2.04. The Kier molecular flexibility index (Phi) is 3.52. The Balaban J connectivity index is 1.61. The summed E-state index contributed by atoms with van der Waals surface area (Å²) in [6.07, 6.45) is 7.11. The van der Waals surface area contributed by atoms with Crippen molar-refractivity contribution in [3.05, 3.63) is 35.0 Å². The average molecular weight is 393 g/mol. The molecule has 0 bridgehead atoms. The third-order valence-electron chi connectivity index (χ3n) is 6.99. The molecule has 2 aromatic heterocycles. The quantitative estimate of drug-likeness (QED) is 0.653. The van der Waals surface area contributed by atoms with E-state index in [1.165, 1.54) is 27.8 Å². The van der Waals surface area contributed by atoms with Crippen LogP contribution in [-0.4, -0.2) is 39.1 Å². The molecule has 2 aliphatic heterocycles.